The van der Waals surface area contributed by atoms with Gasteiger partial charge in [0.2, 0.25) is 0 Å². The van der Waals surface area contributed by atoms with E-state index in [1.165, 1.54) is 5.69 Å². The molecule has 1 heterocycles. The molecule has 5 nitrogen and oxygen atoms in total. The molecule has 0 amide bonds. The molecule has 0 spiro atoms. The third-order valence-electron chi connectivity index (χ3n) is 3.99. The Balaban J connectivity index is 1.86. The molecule has 0 aliphatic carbocycles. The largest absolute Gasteiger partial charge is 0.489 e. The van der Waals surface area contributed by atoms with E-state index in [1.54, 1.807) is 7.05 Å². The average Bonchev–Trinajstić information content (AvgIpc) is 2.95. The van der Waals surface area contributed by atoms with Crippen molar-refractivity contribution in [2.45, 2.75) is 26.5 Å². The lowest BCUT2D eigenvalue weighted by Gasteiger charge is -2.24. The zero-order valence-corrected chi connectivity index (χ0v) is 15.3. The summed E-state index contributed by atoms with van der Waals surface area (Å²) in [5.41, 5.74) is 2.39. The third-order valence-corrected chi connectivity index (χ3v) is 3.99. The van der Waals surface area contributed by atoms with Crippen LogP contribution in [0.15, 0.2) is 47.6 Å². The topological polar surface area (TPSA) is 41.8 Å². The van der Waals surface area contributed by atoms with Crippen molar-refractivity contribution in [3.8, 4) is 5.75 Å². The quantitative estimate of drug-likeness (QED) is 0.655. The number of hydrogen-bond donors (Lipinski definition) is 1. The van der Waals surface area contributed by atoms with Crippen molar-refractivity contribution in [2.75, 3.05) is 20.6 Å². The molecule has 1 unspecified atom stereocenters. The Hall–Kier alpha value is -2.43. The number of aromatic nitrogens is 1. The summed E-state index contributed by atoms with van der Waals surface area (Å²) in [5.74, 6) is 1.79. The molecule has 0 saturated carbocycles. The van der Waals surface area contributed by atoms with Gasteiger partial charge in [-0.2, -0.15) is 0 Å². The maximum atomic E-state index is 6.00. The summed E-state index contributed by atoms with van der Waals surface area (Å²) >= 11 is 0. The number of nitrogens with zero attached hydrogens (tertiary/aromatic N) is 3. The Morgan fingerprint density at radius 1 is 1.29 bits per heavy atom. The minimum atomic E-state index is 0.0475. The van der Waals surface area contributed by atoms with Crippen molar-refractivity contribution < 1.29 is 4.74 Å². The lowest BCUT2D eigenvalue weighted by Crippen LogP contribution is -2.42. The Kier molecular flexibility index (Phi) is 6.29. The van der Waals surface area contributed by atoms with Crippen LogP contribution in [0.1, 0.15) is 18.2 Å². The maximum absolute atomic E-state index is 6.00. The Labute approximate surface area is 145 Å². The molecule has 24 heavy (non-hydrogen) atoms. The van der Waals surface area contributed by atoms with Crippen molar-refractivity contribution in [2.24, 2.45) is 12.0 Å². The van der Waals surface area contributed by atoms with Crippen molar-refractivity contribution in [3.63, 3.8) is 0 Å². The van der Waals surface area contributed by atoms with E-state index in [0.717, 1.165) is 23.8 Å². The molecule has 1 aromatic carbocycles. The number of aryl methyl sites for hydroxylation is 2. The molecule has 0 radical (unpaired) electrons. The first-order chi connectivity index (χ1) is 11.5. The number of aliphatic imine (C=N–C) groups is 1. The van der Waals surface area contributed by atoms with Crippen LogP contribution in [-0.4, -0.2) is 42.2 Å². The highest BCUT2D eigenvalue weighted by Crippen LogP contribution is 2.17. The number of nitrogens with one attached hydrogen (secondary N) is 1. The van der Waals surface area contributed by atoms with Gasteiger partial charge in [-0.25, -0.2) is 0 Å². The van der Waals surface area contributed by atoms with E-state index >= 15 is 0 Å². The van der Waals surface area contributed by atoms with Crippen molar-refractivity contribution >= 4 is 5.96 Å². The van der Waals surface area contributed by atoms with Crippen LogP contribution >= 0.6 is 0 Å². The molecule has 2 rings (SSSR count). The molecular weight excluding hydrogens is 300 g/mol. The molecule has 2 aromatic rings. The predicted octanol–water partition coefficient (Wildman–Crippen LogP) is 2.81. The number of hydrogen-bond acceptors (Lipinski definition) is 2. The number of benzene rings is 1. The summed E-state index contributed by atoms with van der Waals surface area (Å²) in [5, 5.41) is 3.38. The molecule has 0 bridgehead atoms. The number of ether oxygens (including phenoxy) is 1. The first kappa shape index (κ1) is 17.9. The third kappa shape index (κ3) is 4.78. The van der Waals surface area contributed by atoms with Gasteiger partial charge in [0.1, 0.15) is 11.9 Å². The summed E-state index contributed by atoms with van der Waals surface area (Å²) in [6, 6.07) is 12.2. The maximum Gasteiger partial charge on any atom is 0.193 e. The van der Waals surface area contributed by atoms with Crippen LogP contribution in [0.25, 0.3) is 0 Å². The monoisotopic (exact) mass is 328 g/mol. The summed E-state index contributed by atoms with van der Waals surface area (Å²) in [4.78, 5) is 6.47. The highest BCUT2D eigenvalue weighted by atomic mass is 16.5. The van der Waals surface area contributed by atoms with E-state index in [1.807, 2.05) is 25.2 Å². The number of rotatable bonds is 6. The fourth-order valence-corrected chi connectivity index (χ4v) is 2.55. The zero-order chi connectivity index (χ0) is 17.5. The van der Waals surface area contributed by atoms with Crippen LogP contribution < -0.4 is 10.1 Å². The zero-order valence-electron chi connectivity index (χ0n) is 15.3. The highest BCUT2D eigenvalue weighted by Gasteiger charge is 2.11. The smallest absolute Gasteiger partial charge is 0.193 e. The fraction of sp³-hybridized carbons (Fsp3) is 0.421. The average molecular weight is 328 g/mol. The van der Waals surface area contributed by atoms with E-state index in [9.17, 15) is 0 Å². The minimum Gasteiger partial charge on any atom is -0.489 e. The minimum absolute atomic E-state index is 0.0475. The number of guanidine groups is 1. The molecule has 5 heteroatoms. The second kappa shape index (κ2) is 8.43. The molecule has 0 saturated heterocycles. The van der Waals surface area contributed by atoms with Crippen molar-refractivity contribution in [3.05, 3.63) is 53.9 Å². The van der Waals surface area contributed by atoms with E-state index in [4.69, 9.17) is 4.74 Å². The molecule has 0 aliphatic heterocycles. The van der Waals surface area contributed by atoms with Crippen LogP contribution in [0.2, 0.25) is 0 Å². The Morgan fingerprint density at radius 3 is 2.67 bits per heavy atom. The Morgan fingerprint density at radius 2 is 2.04 bits per heavy atom. The lowest BCUT2D eigenvalue weighted by molar-refractivity contribution is 0.221. The van der Waals surface area contributed by atoms with Gasteiger partial charge in [0.05, 0.1) is 13.1 Å². The van der Waals surface area contributed by atoms with Gasteiger partial charge < -0.3 is 19.5 Å². The fourth-order valence-electron chi connectivity index (χ4n) is 2.55. The van der Waals surface area contributed by atoms with E-state index in [0.29, 0.717) is 6.54 Å². The van der Waals surface area contributed by atoms with Gasteiger partial charge in [0.25, 0.3) is 0 Å². The first-order valence-corrected chi connectivity index (χ1v) is 8.25. The molecule has 0 aliphatic rings. The van der Waals surface area contributed by atoms with Gasteiger partial charge in [0, 0.05) is 33.0 Å². The predicted molar refractivity (Wildman–Crippen MR) is 99.5 cm³/mol. The standard InChI is InChI=1S/C19H28N4O/c1-15-9-6-7-11-18(15)24-16(2)13-21-19(20-3)23(5)14-17-10-8-12-22(17)4/h6-12,16H,13-14H2,1-5H3,(H,20,21). The van der Waals surface area contributed by atoms with Crippen LogP contribution in [0.5, 0.6) is 5.75 Å². The SMILES string of the molecule is CN=C(NCC(C)Oc1ccccc1C)N(C)Cc1cccn1C. The lowest BCUT2D eigenvalue weighted by atomic mass is 10.2. The van der Waals surface area contributed by atoms with Gasteiger partial charge in [0.15, 0.2) is 5.96 Å². The van der Waals surface area contributed by atoms with Gasteiger partial charge in [-0.15, -0.1) is 0 Å². The number of para-hydroxylation sites is 1. The van der Waals surface area contributed by atoms with Gasteiger partial charge in [-0.05, 0) is 37.6 Å². The second-order valence-electron chi connectivity index (χ2n) is 6.09. The second-order valence-corrected chi connectivity index (χ2v) is 6.09. The summed E-state index contributed by atoms with van der Waals surface area (Å²) in [7, 11) is 5.89. The van der Waals surface area contributed by atoms with E-state index < -0.39 is 0 Å². The van der Waals surface area contributed by atoms with Crippen LogP contribution in [0.4, 0.5) is 0 Å². The highest BCUT2D eigenvalue weighted by molar-refractivity contribution is 5.79. The molecule has 1 aromatic heterocycles. The van der Waals surface area contributed by atoms with Gasteiger partial charge in [-0.1, -0.05) is 18.2 Å². The molecule has 0 fully saturated rings. The van der Waals surface area contributed by atoms with Crippen LogP contribution in [0.3, 0.4) is 0 Å². The summed E-state index contributed by atoms with van der Waals surface area (Å²) < 4.78 is 8.12. The normalized spacial score (nSPS) is 12.8. The molecule has 1 N–H and O–H groups in total. The summed E-state index contributed by atoms with van der Waals surface area (Å²) in [6.45, 7) is 5.61. The summed E-state index contributed by atoms with van der Waals surface area (Å²) in [6.07, 6.45) is 2.10. The first-order valence-electron chi connectivity index (χ1n) is 8.25. The van der Waals surface area contributed by atoms with E-state index in [2.05, 4.69) is 65.1 Å². The Bertz CT molecular complexity index is 678. The molecule has 130 valence electrons. The molecule has 1 atom stereocenters. The van der Waals surface area contributed by atoms with E-state index in [-0.39, 0.29) is 6.10 Å². The molecular formula is C19H28N4O. The van der Waals surface area contributed by atoms with Gasteiger partial charge in [-0.3, -0.25) is 4.99 Å². The van der Waals surface area contributed by atoms with Crippen molar-refractivity contribution in [1.29, 1.82) is 0 Å². The van der Waals surface area contributed by atoms with Gasteiger partial charge >= 0.3 is 0 Å². The van der Waals surface area contributed by atoms with Crippen LogP contribution in [-0.2, 0) is 13.6 Å². The van der Waals surface area contributed by atoms with Crippen LogP contribution in [0, 0.1) is 6.92 Å². The van der Waals surface area contributed by atoms with Crippen molar-refractivity contribution in [1.82, 2.24) is 14.8 Å².